The summed E-state index contributed by atoms with van der Waals surface area (Å²) in [5.74, 6) is 0.629. The Bertz CT molecular complexity index is 1100. The molecule has 0 aliphatic carbocycles. The van der Waals surface area contributed by atoms with E-state index in [0.717, 1.165) is 5.56 Å². The topological polar surface area (TPSA) is 101 Å². The predicted molar refractivity (Wildman–Crippen MR) is 106 cm³/mol. The summed E-state index contributed by atoms with van der Waals surface area (Å²) in [6.45, 7) is 5.54. The number of carbonyl (C=O) groups is 1. The molecule has 0 bridgehead atoms. The van der Waals surface area contributed by atoms with Crippen molar-refractivity contribution in [3.05, 3.63) is 77.0 Å². The third kappa shape index (κ3) is 4.58. The zero-order valence-electron chi connectivity index (χ0n) is 15.8. The number of sulfonamides is 1. The number of oxazole rings is 1. The van der Waals surface area contributed by atoms with Gasteiger partial charge in [0.1, 0.15) is 5.76 Å². The Morgan fingerprint density at radius 2 is 1.79 bits per heavy atom. The van der Waals surface area contributed by atoms with Crippen molar-refractivity contribution in [3.63, 3.8) is 0 Å². The van der Waals surface area contributed by atoms with Crippen molar-refractivity contribution < 1.29 is 17.6 Å². The van der Waals surface area contributed by atoms with E-state index in [1.54, 1.807) is 38.2 Å². The second-order valence-corrected chi connectivity index (χ2v) is 8.18. The minimum atomic E-state index is -3.82. The normalized spacial score (nSPS) is 11.2. The highest BCUT2D eigenvalue weighted by atomic mass is 32.2. The smallest absolute Gasteiger partial charge is 0.261 e. The van der Waals surface area contributed by atoms with Gasteiger partial charge in [0.25, 0.3) is 15.9 Å². The van der Waals surface area contributed by atoms with Crippen LogP contribution in [0.4, 0.5) is 5.69 Å². The predicted octanol–water partition coefficient (Wildman–Crippen LogP) is 3.33. The molecule has 0 atom stereocenters. The van der Waals surface area contributed by atoms with Crippen LogP contribution in [0.3, 0.4) is 0 Å². The van der Waals surface area contributed by atoms with Gasteiger partial charge in [-0.15, -0.1) is 0 Å². The molecule has 0 spiro atoms. The first-order valence-electron chi connectivity index (χ1n) is 8.64. The van der Waals surface area contributed by atoms with Crippen molar-refractivity contribution in [1.29, 1.82) is 0 Å². The number of anilines is 1. The van der Waals surface area contributed by atoms with Gasteiger partial charge in [0.05, 0.1) is 17.6 Å². The fourth-order valence-electron chi connectivity index (χ4n) is 2.58. The summed E-state index contributed by atoms with van der Waals surface area (Å²) in [5.41, 5.74) is 2.42. The van der Waals surface area contributed by atoms with E-state index < -0.39 is 15.9 Å². The number of hydrogen-bond donors (Lipinski definition) is 2. The highest BCUT2D eigenvalue weighted by Gasteiger charge is 2.18. The first-order chi connectivity index (χ1) is 13.2. The molecule has 0 saturated heterocycles. The van der Waals surface area contributed by atoms with Crippen LogP contribution in [0.25, 0.3) is 0 Å². The van der Waals surface area contributed by atoms with Gasteiger partial charge in [0.15, 0.2) is 0 Å². The molecule has 0 unspecified atom stereocenters. The quantitative estimate of drug-likeness (QED) is 0.662. The molecule has 8 heteroatoms. The fourth-order valence-corrected chi connectivity index (χ4v) is 3.67. The van der Waals surface area contributed by atoms with Gasteiger partial charge in [-0.25, -0.2) is 13.4 Å². The summed E-state index contributed by atoms with van der Waals surface area (Å²) in [6.07, 6.45) is 1.57. The SMILES string of the molecule is Cc1ccc(NS(=O)(=O)c2ccc(C)c(C(=O)NCc3ncc(C)o3)c2)cc1. The average Bonchev–Trinajstić information content (AvgIpc) is 3.07. The van der Waals surface area contributed by atoms with E-state index in [1.807, 2.05) is 19.1 Å². The van der Waals surface area contributed by atoms with Crippen molar-refractivity contribution in [1.82, 2.24) is 10.3 Å². The molecule has 1 heterocycles. The summed E-state index contributed by atoms with van der Waals surface area (Å²) in [5, 5.41) is 2.69. The third-order valence-electron chi connectivity index (χ3n) is 4.14. The molecular weight excluding hydrogens is 378 g/mol. The van der Waals surface area contributed by atoms with Crippen LogP contribution >= 0.6 is 0 Å². The van der Waals surface area contributed by atoms with E-state index in [4.69, 9.17) is 4.42 Å². The van der Waals surface area contributed by atoms with E-state index in [2.05, 4.69) is 15.0 Å². The lowest BCUT2D eigenvalue weighted by atomic mass is 10.1. The summed E-state index contributed by atoms with van der Waals surface area (Å²) in [7, 11) is -3.82. The number of benzene rings is 2. The highest BCUT2D eigenvalue weighted by molar-refractivity contribution is 7.92. The number of rotatable bonds is 6. The molecule has 0 aliphatic rings. The van der Waals surface area contributed by atoms with Crippen LogP contribution in [0.15, 0.2) is 58.0 Å². The van der Waals surface area contributed by atoms with E-state index >= 15 is 0 Å². The second kappa shape index (κ2) is 7.85. The lowest BCUT2D eigenvalue weighted by Gasteiger charge is -2.11. The number of carbonyl (C=O) groups excluding carboxylic acids is 1. The highest BCUT2D eigenvalue weighted by Crippen LogP contribution is 2.20. The van der Waals surface area contributed by atoms with Crippen LogP contribution < -0.4 is 10.0 Å². The van der Waals surface area contributed by atoms with Crippen molar-refractivity contribution in [2.24, 2.45) is 0 Å². The molecule has 2 N–H and O–H groups in total. The van der Waals surface area contributed by atoms with Crippen LogP contribution in [0, 0.1) is 20.8 Å². The van der Waals surface area contributed by atoms with E-state index in [1.165, 1.54) is 12.1 Å². The number of aryl methyl sites for hydroxylation is 3. The maximum absolute atomic E-state index is 12.7. The van der Waals surface area contributed by atoms with Gasteiger partial charge in [-0.2, -0.15) is 0 Å². The second-order valence-electron chi connectivity index (χ2n) is 6.50. The average molecular weight is 399 g/mol. The zero-order valence-corrected chi connectivity index (χ0v) is 16.6. The Balaban J connectivity index is 1.79. The summed E-state index contributed by atoms with van der Waals surface area (Å²) >= 11 is 0. The Labute approximate surface area is 163 Å². The molecule has 1 aromatic heterocycles. The number of amides is 1. The molecule has 1 amide bonds. The number of nitrogens with one attached hydrogen (secondary N) is 2. The Morgan fingerprint density at radius 1 is 1.07 bits per heavy atom. The van der Waals surface area contributed by atoms with Crippen LogP contribution in [0.2, 0.25) is 0 Å². The summed E-state index contributed by atoms with van der Waals surface area (Å²) in [6, 6.07) is 11.4. The van der Waals surface area contributed by atoms with Crippen LogP contribution in [-0.2, 0) is 16.6 Å². The molecular formula is C20H21N3O4S. The lowest BCUT2D eigenvalue weighted by molar-refractivity contribution is 0.0946. The number of nitrogens with zero attached hydrogens (tertiary/aromatic N) is 1. The van der Waals surface area contributed by atoms with Crippen LogP contribution in [0.1, 0.15) is 33.1 Å². The Kier molecular flexibility index (Phi) is 5.51. The monoisotopic (exact) mass is 399 g/mol. The first kappa shape index (κ1) is 19.6. The molecule has 7 nitrogen and oxygen atoms in total. The maximum Gasteiger partial charge on any atom is 0.261 e. The Morgan fingerprint density at radius 3 is 2.43 bits per heavy atom. The summed E-state index contributed by atoms with van der Waals surface area (Å²) in [4.78, 5) is 16.6. The van der Waals surface area contributed by atoms with Gasteiger partial charge < -0.3 is 9.73 Å². The van der Waals surface area contributed by atoms with Crippen LogP contribution in [-0.4, -0.2) is 19.3 Å². The Hall–Kier alpha value is -3.13. The van der Waals surface area contributed by atoms with Gasteiger partial charge in [-0.1, -0.05) is 23.8 Å². The molecule has 2 aromatic carbocycles. The molecule has 3 rings (SSSR count). The van der Waals surface area contributed by atoms with Crippen molar-refractivity contribution >= 4 is 21.6 Å². The minimum absolute atomic E-state index is 0.00999. The zero-order chi connectivity index (χ0) is 20.3. The van der Waals surface area contributed by atoms with E-state index in [0.29, 0.717) is 22.9 Å². The van der Waals surface area contributed by atoms with Crippen LogP contribution in [0.5, 0.6) is 0 Å². The van der Waals surface area contributed by atoms with Gasteiger partial charge in [0, 0.05) is 11.3 Å². The number of hydrogen-bond acceptors (Lipinski definition) is 5. The molecule has 28 heavy (non-hydrogen) atoms. The largest absolute Gasteiger partial charge is 0.444 e. The molecule has 0 saturated carbocycles. The molecule has 0 fully saturated rings. The lowest BCUT2D eigenvalue weighted by Crippen LogP contribution is -2.24. The molecule has 0 radical (unpaired) electrons. The molecule has 3 aromatic rings. The fraction of sp³-hybridized carbons (Fsp3) is 0.200. The minimum Gasteiger partial charge on any atom is -0.444 e. The van der Waals surface area contributed by atoms with Crippen molar-refractivity contribution in [2.75, 3.05) is 4.72 Å². The van der Waals surface area contributed by atoms with Gasteiger partial charge in [0.2, 0.25) is 5.89 Å². The number of aromatic nitrogens is 1. The van der Waals surface area contributed by atoms with Gasteiger partial charge in [-0.05, 0) is 50.6 Å². The first-order valence-corrected chi connectivity index (χ1v) is 10.1. The summed E-state index contributed by atoms with van der Waals surface area (Å²) < 4.78 is 33.2. The van der Waals surface area contributed by atoms with Crippen molar-refractivity contribution in [2.45, 2.75) is 32.2 Å². The molecule has 0 aliphatic heterocycles. The third-order valence-corrected chi connectivity index (χ3v) is 5.52. The molecule has 146 valence electrons. The van der Waals surface area contributed by atoms with E-state index in [-0.39, 0.29) is 17.0 Å². The van der Waals surface area contributed by atoms with Gasteiger partial charge in [-0.3, -0.25) is 9.52 Å². The van der Waals surface area contributed by atoms with Crippen molar-refractivity contribution in [3.8, 4) is 0 Å². The van der Waals surface area contributed by atoms with E-state index in [9.17, 15) is 13.2 Å². The standard InChI is InChI=1S/C20H21N3O4S/c1-13-4-7-16(8-5-13)23-28(25,26)17-9-6-14(2)18(10-17)20(24)22-12-19-21-11-15(3)27-19/h4-11,23H,12H2,1-3H3,(H,22,24). The maximum atomic E-state index is 12.7. The van der Waals surface area contributed by atoms with Gasteiger partial charge >= 0.3 is 0 Å².